The number of amides is 2. The molecule has 0 bridgehead atoms. The van der Waals surface area contributed by atoms with E-state index in [1.165, 1.54) is 0 Å². The van der Waals surface area contributed by atoms with Crippen molar-refractivity contribution < 1.29 is 14.3 Å². The van der Waals surface area contributed by atoms with Crippen LogP contribution in [-0.2, 0) is 4.79 Å². The molecule has 152 valence electrons. The first kappa shape index (κ1) is 20.9. The monoisotopic (exact) mass is 413 g/mol. The lowest BCUT2D eigenvalue weighted by Gasteiger charge is -2.31. The first-order chi connectivity index (χ1) is 14.1. The normalized spacial score (nSPS) is 14.8. The minimum atomic E-state index is -0.151. The Kier molecular flexibility index (Phi) is 7.25. The smallest absolute Gasteiger partial charge is 0.253 e. The van der Waals surface area contributed by atoms with Crippen LogP contribution in [0, 0.1) is 5.92 Å². The molecule has 0 aliphatic carbocycles. The van der Waals surface area contributed by atoms with Crippen LogP contribution < -0.4 is 10.2 Å². The van der Waals surface area contributed by atoms with Crippen LogP contribution in [0.1, 0.15) is 35.7 Å². The van der Waals surface area contributed by atoms with Gasteiger partial charge in [0, 0.05) is 29.6 Å². The molecule has 3 rings (SSSR count). The summed E-state index contributed by atoms with van der Waals surface area (Å²) in [4.78, 5) is 26.7. The second-order valence-electron chi connectivity index (χ2n) is 6.81. The van der Waals surface area contributed by atoms with Gasteiger partial charge in [-0.2, -0.15) is 5.10 Å². The average molecular weight is 414 g/mol. The molecular weight excluding hydrogens is 390 g/mol. The molecule has 2 amide bonds. The van der Waals surface area contributed by atoms with Crippen LogP contribution in [0.3, 0.4) is 0 Å². The molecule has 2 aromatic rings. The van der Waals surface area contributed by atoms with Gasteiger partial charge >= 0.3 is 0 Å². The van der Waals surface area contributed by atoms with Crippen LogP contribution in [0.25, 0.3) is 0 Å². The van der Waals surface area contributed by atoms with Crippen molar-refractivity contribution in [1.29, 1.82) is 0 Å². The Morgan fingerprint density at radius 3 is 2.41 bits per heavy atom. The Labute approximate surface area is 175 Å². The van der Waals surface area contributed by atoms with E-state index in [1.807, 2.05) is 31.2 Å². The first-order valence-corrected chi connectivity index (χ1v) is 10.0. The van der Waals surface area contributed by atoms with E-state index in [-0.39, 0.29) is 17.7 Å². The fourth-order valence-corrected chi connectivity index (χ4v) is 3.32. The van der Waals surface area contributed by atoms with Crippen molar-refractivity contribution >= 4 is 29.6 Å². The van der Waals surface area contributed by atoms with E-state index in [4.69, 9.17) is 16.3 Å². The van der Waals surface area contributed by atoms with Gasteiger partial charge in [-0.15, -0.1) is 0 Å². The van der Waals surface area contributed by atoms with Gasteiger partial charge in [-0.1, -0.05) is 11.6 Å². The number of hydrogen-bond donors (Lipinski definition) is 1. The molecule has 29 heavy (non-hydrogen) atoms. The van der Waals surface area contributed by atoms with E-state index in [2.05, 4.69) is 10.5 Å². The van der Waals surface area contributed by atoms with Crippen molar-refractivity contribution in [2.45, 2.75) is 19.8 Å². The molecule has 1 N–H and O–H groups in total. The maximum absolute atomic E-state index is 12.5. The molecule has 0 atom stereocenters. The number of rotatable bonds is 6. The summed E-state index contributed by atoms with van der Waals surface area (Å²) in [7, 11) is 0. The molecule has 0 spiro atoms. The zero-order valence-corrected chi connectivity index (χ0v) is 17.1. The van der Waals surface area contributed by atoms with Crippen LogP contribution in [0.2, 0.25) is 5.02 Å². The van der Waals surface area contributed by atoms with E-state index < -0.39 is 0 Å². The molecule has 1 saturated heterocycles. The number of likely N-dealkylation sites (tertiary alicyclic amines) is 1. The topological polar surface area (TPSA) is 71.0 Å². The van der Waals surface area contributed by atoms with Gasteiger partial charge in [-0.25, -0.2) is 5.43 Å². The van der Waals surface area contributed by atoms with Crippen LogP contribution in [0.4, 0.5) is 0 Å². The Hall–Kier alpha value is -2.86. The maximum Gasteiger partial charge on any atom is 0.253 e. The van der Waals surface area contributed by atoms with Crippen LogP contribution in [0.5, 0.6) is 5.75 Å². The minimum Gasteiger partial charge on any atom is -0.494 e. The second-order valence-corrected chi connectivity index (χ2v) is 7.25. The highest BCUT2D eigenvalue weighted by Gasteiger charge is 2.27. The van der Waals surface area contributed by atoms with E-state index in [1.54, 1.807) is 35.4 Å². The van der Waals surface area contributed by atoms with Crippen molar-refractivity contribution in [1.82, 2.24) is 10.3 Å². The van der Waals surface area contributed by atoms with Gasteiger partial charge in [-0.05, 0) is 73.9 Å². The second kappa shape index (κ2) is 10.1. The molecule has 0 radical (unpaired) electrons. The molecule has 1 heterocycles. The SMILES string of the molecule is CCOc1ccc(/C=N\NC(=O)C2CCN(C(=O)c3ccc(Cl)cc3)CC2)cc1. The van der Waals surface area contributed by atoms with Crippen molar-refractivity contribution in [3.63, 3.8) is 0 Å². The lowest BCUT2D eigenvalue weighted by molar-refractivity contribution is -0.126. The predicted octanol–water partition coefficient (Wildman–Crippen LogP) is 3.74. The Balaban J connectivity index is 1.46. The van der Waals surface area contributed by atoms with E-state index in [0.717, 1.165) is 11.3 Å². The number of ether oxygens (including phenoxy) is 1. The third kappa shape index (κ3) is 5.81. The summed E-state index contributed by atoms with van der Waals surface area (Å²) < 4.78 is 5.39. The summed E-state index contributed by atoms with van der Waals surface area (Å²) in [5.74, 6) is 0.496. The molecule has 6 nitrogen and oxygen atoms in total. The maximum atomic E-state index is 12.5. The molecular formula is C22H24ClN3O3. The zero-order valence-electron chi connectivity index (χ0n) is 16.3. The summed E-state index contributed by atoms with van der Waals surface area (Å²) in [6.45, 7) is 3.64. The molecule has 0 saturated carbocycles. The number of benzene rings is 2. The van der Waals surface area contributed by atoms with E-state index >= 15 is 0 Å². The molecule has 1 aliphatic rings. The Morgan fingerprint density at radius 1 is 1.14 bits per heavy atom. The number of nitrogens with one attached hydrogen (secondary N) is 1. The number of hydrogen-bond acceptors (Lipinski definition) is 4. The molecule has 0 aromatic heterocycles. The van der Waals surface area contributed by atoms with Crippen molar-refractivity contribution in [3.05, 3.63) is 64.7 Å². The molecule has 7 heteroatoms. The number of piperidine rings is 1. The van der Waals surface area contributed by atoms with Gasteiger partial charge in [0.05, 0.1) is 12.8 Å². The minimum absolute atomic E-state index is 0.0333. The first-order valence-electron chi connectivity index (χ1n) is 9.67. The molecule has 0 unspecified atom stereocenters. The van der Waals surface area contributed by atoms with Gasteiger partial charge in [0.15, 0.2) is 0 Å². The number of nitrogens with zero attached hydrogens (tertiary/aromatic N) is 2. The Bertz CT molecular complexity index is 858. The summed E-state index contributed by atoms with van der Waals surface area (Å²) in [6.07, 6.45) is 2.83. The average Bonchev–Trinajstić information content (AvgIpc) is 2.75. The van der Waals surface area contributed by atoms with Gasteiger partial charge in [0.25, 0.3) is 5.91 Å². The van der Waals surface area contributed by atoms with Crippen molar-refractivity contribution in [2.75, 3.05) is 19.7 Å². The summed E-state index contributed by atoms with van der Waals surface area (Å²) >= 11 is 5.87. The van der Waals surface area contributed by atoms with Crippen LogP contribution in [-0.4, -0.2) is 42.6 Å². The zero-order chi connectivity index (χ0) is 20.6. The fraction of sp³-hybridized carbons (Fsp3) is 0.318. The predicted molar refractivity (Wildman–Crippen MR) is 113 cm³/mol. The quantitative estimate of drug-likeness (QED) is 0.579. The molecule has 1 aliphatic heterocycles. The van der Waals surface area contributed by atoms with Gasteiger partial charge in [0.2, 0.25) is 5.91 Å². The summed E-state index contributed by atoms with van der Waals surface area (Å²) in [6, 6.07) is 14.3. The highest BCUT2D eigenvalue weighted by atomic mass is 35.5. The molecule has 1 fully saturated rings. The van der Waals surface area contributed by atoms with Crippen molar-refractivity contribution in [3.8, 4) is 5.75 Å². The van der Waals surface area contributed by atoms with Crippen LogP contribution in [0.15, 0.2) is 53.6 Å². The summed E-state index contributed by atoms with van der Waals surface area (Å²) in [5.41, 5.74) is 4.08. The molecule has 2 aromatic carbocycles. The Morgan fingerprint density at radius 2 is 1.79 bits per heavy atom. The number of halogens is 1. The number of carbonyl (C=O) groups is 2. The third-order valence-corrected chi connectivity index (χ3v) is 5.08. The number of hydrazone groups is 1. The summed E-state index contributed by atoms with van der Waals surface area (Å²) in [5, 5.41) is 4.64. The van der Waals surface area contributed by atoms with Gasteiger partial charge in [0.1, 0.15) is 5.75 Å². The third-order valence-electron chi connectivity index (χ3n) is 4.82. The standard InChI is InChI=1S/C22H24ClN3O3/c1-2-29-20-9-3-16(4-10-20)15-24-25-21(27)17-11-13-26(14-12-17)22(28)18-5-7-19(23)8-6-18/h3-10,15,17H,2,11-14H2,1H3,(H,25,27)/b24-15-. The fourth-order valence-electron chi connectivity index (χ4n) is 3.20. The number of carbonyl (C=O) groups excluding carboxylic acids is 2. The highest BCUT2D eigenvalue weighted by Crippen LogP contribution is 2.20. The van der Waals surface area contributed by atoms with E-state index in [9.17, 15) is 9.59 Å². The lowest BCUT2D eigenvalue weighted by Crippen LogP contribution is -2.42. The van der Waals surface area contributed by atoms with Gasteiger partial charge < -0.3 is 9.64 Å². The highest BCUT2D eigenvalue weighted by molar-refractivity contribution is 6.30. The largest absolute Gasteiger partial charge is 0.494 e. The van der Waals surface area contributed by atoms with E-state index in [0.29, 0.717) is 43.1 Å². The lowest BCUT2D eigenvalue weighted by atomic mass is 9.95. The van der Waals surface area contributed by atoms with Crippen LogP contribution >= 0.6 is 11.6 Å². The van der Waals surface area contributed by atoms with Crippen molar-refractivity contribution in [2.24, 2.45) is 11.0 Å². The van der Waals surface area contributed by atoms with Gasteiger partial charge in [-0.3, -0.25) is 9.59 Å².